The molecule has 130 valence electrons. The van der Waals surface area contributed by atoms with Gasteiger partial charge in [0.05, 0.1) is 11.7 Å². The summed E-state index contributed by atoms with van der Waals surface area (Å²) < 4.78 is 0. The van der Waals surface area contributed by atoms with Gasteiger partial charge in [-0.3, -0.25) is 4.98 Å². The molecule has 1 N–H and O–H groups in total. The van der Waals surface area contributed by atoms with E-state index in [1.165, 1.54) is 0 Å². The van der Waals surface area contributed by atoms with Gasteiger partial charge in [0, 0.05) is 24.5 Å². The van der Waals surface area contributed by atoms with Crippen LogP contribution in [0.2, 0.25) is 0 Å². The van der Waals surface area contributed by atoms with Crippen molar-refractivity contribution >= 4 is 11.7 Å². The van der Waals surface area contributed by atoms with Crippen LogP contribution in [0.1, 0.15) is 24.4 Å². The molecule has 0 aliphatic carbocycles. The minimum Gasteiger partial charge on any atom is -0.317 e. The summed E-state index contributed by atoms with van der Waals surface area (Å²) in [5.74, 6) is 0. The summed E-state index contributed by atoms with van der Waals surface area (Å²) in [6, 6.07) is 22.1. The third kappa shape index (κ3) is 3.31. The number of aromatic nitrogens is 1. The smallest absolute Gasteiger partial charge is 0.317 e. The molecule has 0 bridgehead atoms. The van der Waals surface area contributed by atoms with Crippen LogP contribution in [-0.2, 0) is 0 Å². The Labute approximate surface area is 153 Å². The number of benzene rings is 2. The molecule has 2 heterocycles. The highest BCUT2D eigenvalue weighted by atomic mass is 16.2. The van der Waals surface area contributed by atoms with Gasteiger partial charge in [0.1, 0.15) is 0 Å². The van der Waals surface area contributed by atoms with Gasteiger partial charge >= 0.3 is 6.03 Å². The Morgan fingerprint density at radius 1 is 0.962 bits per heavy atom. The van der Waals surface area contributed by atoms with Crippen LogP contribution in [0, 0.1) is 0 Å². The summed E-state index contributed by atoms with van der Waals surface area (Å²) >= 11 is 0. The van der Waals surface area contributed by atoms with Gasteiger partial charge in [-0.25, -0.2) is 4.79 Å². The maximum Gasteiger partial charge on any atom is 0.322 e. The van der Waals surface area contributed by atoms with Crippen LogP contribution in [0.15, 0.2) is 79.1 Å². The van der Waals surface area contributed by atoms with Crippen molar-refractivity contribution in [2.45, 2.75) is 18.9 Å². The largest absolute Gasteiger partial charge is 0.322 e. The first-order chi connectivity index (χ1) is 12.8. The summed E-state index contributed by atoms with van der Waals surface area (Å²) in [6.45, 7) is 0.770. The number of anilines is 1. The van der Waals surface area contributed by atoms with Crippen molar-refractivity contribution < 1.29 is 4.79 Å². The van der Waals surface area contributed by atoms with Gasteiger partial charge in [-0.1, -0.05) is 48.5 Å². The molecule has 1 aromatic heterocycles. The number of hydrogen-bond donors (Lipinski definition) is 1. The molecule has 4 nitrogen and oxygen atoms in total. The van der Waals surface area contributed by atoms with Crippen molar-refractivity contribution in [3.8, 4) is 11.1 Å². The second kappa shape index (κ2) is 7.40. The fourth-order valence-electron chi connectivity index (χ4n) is 3.59. The molecule has 1 aliphatic heterocycles. The van der Waals surface area contributed by atoms with Gasteiger partial charge in [-0.15, -0.1) is 0 Å². The highest BCUT2D eigenvalue weighted by molar-refractivity contribution is 5.94. The molecule has 1 unspecified atom stereocenters. The molecule has 2 amide bonds. The van der Waals surface area contributed by atoms with E-state index in [0.29, 0.717) is 0 Å². The molecular weight excluding hydrogens is 322 g/mol. The number of nitrogens with one attached hydrogen (secondary N) is 1. The van der Waals surface area contributed by atoms with E-state index >= 15 is 0 Å². The maximum atomic E-state index is 13.0. The Balaban J connectivity index is 1.57. The standard InChI is InChI=1S/C22H21N3O/c26-22(25-16-6-11-21(25)18-12-14-23-15-13-18)24-20-10-5-4-9-19(20)17-7-2-1-3-8-17/h1-5,7-10,12-15,21H,6,11,16H2,(H,24,26). The summed E-state index contributed by atoms with van der Waals surface area (Å²) in [5, 5.41) is 3.12. The van der Waals surface area contributed by atoms with Gasteiger partial charge < -0.3 is 10.2 Å². The number of urea groups is 1. The molecule has 26 heavy (non-hydrogen) atoms. The van der Waals surface area contributed by atoms with Crippen LogP contribution in [0.25, 0.3) is 11.1 Å². The normalized spacial score (nSPS) is 16.5. The van der Waals surface area contributed by atoms with Crippen LogP contribution in [0.4, 0.5) is 10.5 Å². The zero-order chi connectivity index (χ0) is 17.8. The molecule has 2 aromatic carbocycles. The van der Waals surface area contributed by atoms with Crippen molar-refractivity contribution in [3.05, 3.63) is 84.7 Å². The van der Waals surface area contributed by atoms with Gasteiger partial charge in [-0.2, -0.15) is 0 Å². The molecule has 3 aromatic rings. The van der Waals surface area contributed by atoms with Crippen LogP contribution >= 0.6 is 0 Å². The van der Waals surface area contributed by atoms with E-state index in [9.17, 15) is 4.79 Å². The Hall–Kier alpha value is -3.14. The fraction of sp³-hybridized carbons (Fsp3) is 0.182. The number of amides is 2. The molecular formula is C22H21N3O. The lowest BCUT2D eigenvalue weighted by molar-refractivity contribution is 0.207. The average molecular weight is 343 g/mol. The van der Waals surface area contributed by atoms with Crippen LogP contribution in [0.5, 0.6) is 0 Å². The highest BCUT2D eigenvalue weighted by Gasteiger charge is 2.30. The van der Waals surface area contributed by atoms with Crippen molar-refractivity contribution in [1.29, 1.82) is 0 Å². The zero-order valence-corrected chi connectivity index (χ0v) is 14.5. The maximum absolute atomic E-state index is 13.0. The van der Waals surface area contributed by atoms with Crippen molar-refractivity contribution in [2.24, 2.45) is 0 Å². The third-order valence-electron chi connectivity index (χ3n) is 4.86. The predicted molar refractivity (Wildman–Crippen MR) is 104 cm³/mol. The highest BCUT2D eigenvalue weighted by Crippen LogP contribution is 2.33. The number of nitrogens with zero attached hydrogens (tertiary/aromatic N) is 2. The minimum atomic E-state index is -0.0484. The number of likely N-dealkylation sites (tertiary alicyclic amines) is 1. The Kier molecular flexibility index (Phi) is 4.65. The second-order valence-corrected chi connectivity index (χ2v) is 6.47. The number of pyridine rings is 1. The third-order valence-corrected chi connectivity index (χ3v) is 4.86. The van der Waals surface area contributed by atoms with E-state index < -0.39 is 0 Å². The molecule has 4 rings (SSSR count). The summed E-state index contributed by atoms with van der Waals surface area (Å²) in [5.41, 5.74) is 4.10. The molecule has 4 heteroatoms. The first-order valence-electron chi connectivity index (χ1n) is 8.95. The minimum absolute atomic E-state index is 0.0484. The lowest BCUT2D eigenvalue weighted by Gasteiger charge is -2.26. The lowest BCUT2D eigenvalue weighted by atomic mass is 10.0. The van der Waals surface area contributed by atoms with Gasteiger partial charge in [0.15, 0.2) is 0 Å². The average Bonchev–Trinajstić information content (AvgIpc) is 3.20. The van der Waals surface area contributed by atoms with Crippen molar-refractivity contribution in [3.63, 3.8) is 0 Å². The van der Waals surface area contributed by atoms with Gasteiger partial charge in [0.2, 0.25) is 0 Å². The Morgan fingerprint density at radius 3 is 2.50 bits per heavy atom. The molecule has 1 fully saturated rings. The van der Waals surface area contributed by atoms with Gasteiger partial charge in [-0.05, 0) is 42.2 Å². The van der Waals surface area contributed by atoms with E-state index in [1.54, 1.807) is 12.4 Å². The van der Waals surface area contributed by atoms with Crippen molar-refractivity contribution in [2.75, 3.05) is 11.9 Å². The van der Waals surface area contributed by atoms with E-state index in [4.69, 9.17) is 0 Å². The molecule has 1 atom stereocenters. The summed E-state index contributed by atoms with van der Waals surface area (Å²) in [4.78, 5) is 19.0. The second-order valence-electron chi connectivity index (χ2n) is 6.47. The number of hydrogen-bond acceptors (Lipinski definition) is 2. The van der Waals surface area contributed by atoms with Crippen LogP contribution in [0.3, 0.4) is 0 Å². The van der Waals surface area contributed by atoms with Crippen LogP contribution < -0.4 is 5.32 Å². The quantitative estimate of drug-likeness (QED) is 0.717. The Bertz CT molecular complexity index is 880. The zero-order valence-electron chi connectivity index (χ0n) is 14.5. The first kappa shape index (κ1) is 16.3. The SMILES string of the molecule is O=C(Nc1ccccc1-c1ccccc1)N1CCCC1c1ccncc1. The first-order valence-corrected chi connectivity index (χ1v) is 8.95. The van der Waals surface area contributed by atoms with E-state index in [-0.39, 0.29) is 12.1 Å². The predicted octanol–water partition coefficient (Wildman–Crippen LogP) is 5.12. The topological polar surface area (TPSA) is 45.2 Å². The molecule has 1 saturated heterocycles. The lowest BCUT2D eigenvalue weighted by Crippen LogP contribution is -2.34. The number of rotatable bonds is 3. The summed E-state index contributed by atoms with van der Waals surface area (Å²) in [6.07, 6.45) is 5.57. The van der Waals surface area contributed by atoms with Crippen molar-refractivity contribution in [1.82, 2.24) is 9.88 Å². The van der Waals surface area contributed by atoms with E-state index in [2.05, 4.69) is 22.4 Å². The Morgan fingerprint density at radius 2 is 1.69 bits per heavy atom. The van der Waals surface area contributed by atoms with Gasteiger partial charge in [0.25, 0.3) is 0 Å². The molecule has 1 aliphatic rings. The monoisotopic (exact) mass is 343 g/mol. The molecule has 0 radical (unpaired) electrons. The molecule has 0 spiro atoms. The number of para-hydroxylation sites is 1. The number of carbonyl (C=O) groups is 1. The summed E-state index contributed by atoms with van der Waals surface area (Å²) in [7, 11) is 0. The van der Waals surface area contributed by atoms with E-state index in [0.717, 1.165) is 41.8 Å². The van der Waals surface area contributed by atoms with Crippen LogP contribution in [-0.4, -0.2) is 22.5 Å². The molecule has 0 saturated carbocycles. The number of carbonyl (C=O) groups excluding carboxylic acids is 1. The van der Waals surface area contributed by atoms with E-state index in [1.807, 2.05) is 59.5 Å². The fourth-order valence-corrected chi connectivity index (χ4v) is 3.59.